The predicted molar refractivity (Wildman–Crippen MR) is 76.6 cm³/mol. The zero-order valence-electron chi connectivity index (χ0n) is 12.0. The number of aromatic nitrogens is 2. The average molecular weight is 328 g/mol. The van der Waals surface area contributed by atoms with Gasteiger partial charge in [-0.15, -0.1) is 0 Å². The quantitative estimate of drug-likeness (QED) is 0.627. The standard InChI is InChI=1S/C12H13FN4O4S/c1-8-6-10(17(18)19)11(7-9(8)13)22(20,21)16(3)12-4-5-15(2)14-12/h4-7H,1-3H3. The van der Waals surface area contributed by atoms with Crippen LogP contribution in [0.5, 0.6) is 0 Å². The Morgan fingerprint density at radius 3 is 2.55 bits per heavy atom. The molecular weight excluding hydrogens is 315 g/mol. The first-order valence-electron chi connectivity index (χ1n) is 6.07. The molecule has 0 aliphatic carbocycles. The molecule has 0 aliphatic rings. The minimum Gasteiger partial charge on any atom is -0.274 e. The van der Waals surface area contributed by atoms with E-state index < -0.39 is 31.3 Å². The number of rotatable bonds is 4. The second-order valence-electron chi connectivity index (χ2n) is 4.65. The third-order valence-corrected chi connectivity index (χ3v) is 4.89. The van der Waals surface area contributed by atoms with Crippen LogP contribution in [0.1, 0.15) is 5.56 Å². The first-order valence-corrected chi connectivity index (χ1v) is 7.51. The summed E-state index contributed by atoms with van der Waals surface area (Å²) in [4.78, 5) is 9.51. The van der Waals surface area contributed by atoms with Gasteiger partial charge in [0.1, 0.15) is 5.82 Å². The third kappa shape index (κ3) is 2.64. The zero-order chi connectivity index (χ0) is 16.7. The largest absolute Gasteiger partial charge is 0.290 e. The van der Waals surface area contributed by atoms with Crippen molar-refractivity contribution < 1.29 is 17.7 Å². The number of hydrogen-bond donors (Lipinski definition) is 0. The molecule has 0 saturated heterocycles. The molecule has 0 saturated carbocycles. The molecule has 1 heterocycles. The Bertz CT molecular complexity index is 847. The highest BCUT2D eigenvalue weighted by atomic mass is 32.2. The van der Waals surface area contributed by atoms with Gasteiger partial charge in [-0.25, -0.2) is 12.8 Å². The van der Waals surface area contributed by atoms with Gasteiger partial charge in [0, 0.05) is 38.5 Å². The van der Waals surface area contributed by atoms with E-state index in [4.69, 9.17) is 0 Å². The topological polar surface area (TPSA) is 98.3 Å². The van der Waals surface area contributed by atoms with Crippen molar-refractivity contribution in [3.63, 3.8) is 0 Å². The molecule has 0 atom stereocenters. The smallest absolute Gasteiger partial charge is 0.274 e. The van der Waals surface area contributed by atoms with Crippen LogP contribution in [0, 0.1) is 22.9 Å². The Morgan fingerprint density at radius 2 is 2.05 bits per heavy atom. The highest BCUT2D eigenvalue weighted by Crippen LogP contribution is 2.30. The van der Waals surface area contributed by atoms with Gasteiger partial charge in [-0.05, 0) is 12.5 Å². The lowest BCUT2D eigenvalue weighted by molar-refractivity contribution is -0.387. The minimum absolute atomic E-state index is 0.00820. The molecular formula is C12H13FN4O4S. The molecule has 22 heavy (non-hydrogen) atoms. The Balaban J connectivity index is 2.63. The average Bonchev–Trinajstić information content (AvgIpc) is 2.86. The third-order valence-electron chi connectivity index (χ3n) is 3.10. The number of hydrogen-bond acceptors (Lipinski definition) is 5. The van der Waals surface area contributed by atoms with Crippen LogP contribution in [0.4, 0.5) is 15.9 Å². The summed E-state index contributed by atoms with van der Waals surface area (Å²) in [7, 11) is -1.53. The van der Waals surface area contributed by atoms with Crippen molar-refractivity contribution in [3.8, 4) is 0 Å². The lowest BCUT2D eigenvalue weighted by Crippen LogP contribution is -2.28. The maximum atomic E-state index is 13.7. The Morgan fingerprint density at radius 1 is 1.41 bits per heavy atom. The molecule has 8 nitrogen and oxygen atoms in total. The number of anilines is 1. The van der Waals surface area contributed by atoms with Gasteiger partial charge in [0.15, 0.2) is 10.7 Å². The van der Waals surface area contributed by atoms with Gasteiger partial charge in [0.2, 0.25) is 0 Å². The number of benzene rings is 1. The molecule has 0 aliphatic heterocycles. The molecule has 2 rings (SSSR count). The number of halogens is 1. The molecule has 0 fully saturated rings. The molecule has 118 valence electrons. The number of nitrogens with zero attached hydrogens (tertiary/aromatic N) is 4. The van der Waals surface area contributed by atoms with Crippen LogP contribution >= 0.6 is 0 Å². The Hall–Kier alpha value is -2.49. The lowest BCUT2D eigenvalue weighted by Gasteiger charge is -2.17. The van der Waals surface area contributed by atoms with Gasteiger partial charge < -0.3 is 0 Å². The SMILES string of the molecule is Cc1cc([N+](=O)[O-])c(S(=O)(=O)N(C)c2ccn(C)n2)cc1F. The van der Waals surface area contributed by atoms with Crippen molar-refractivity contribution in [1.82, 2.24) is 9.78 Å². The van der Waals surface area contributed by atoms with Gasteiger partial charge in [-0.1, -0.05) is 0 Å². The molecule has 1 aromatic heterocycles. The van der Waals surface area contributed by atoms with Crippen LogP contribution < -0.4 is 4.31 Å². The summed E-state index contributed by atoms with van der Waals surface area (Å²) in [6.07, 6.45) is 1.52. The molecule has 0 spiro atoms. The summed E-state index contributed by atoms with van der Waals surface area (Å²) in [6, 6.07) is 2.98. The molecule has 0 N–H and O–H groups in total. The maximum Gasteiger partial charge on any atom is 0.290 e. The summed E-state index contributed by atoms with van der Waals surface area (Å²) in [6.45, 7) is 1.32. The fourth-order valence-corrected chi connectivity index (χ4v) is 3.13. The Labute approximate surface area is 126 Å². The molecule has 1 aromatic carbocycles. The molecule has 0 unspecified atom stereocenters. The number of nitro groups is 1. The highest BCUT2D eigenvalue weighted by Gasteiger charge is 2.32. The summed E-state index contributed by atoms with van der Waals surface area (Å²) >= 11 is 0. The maximum absolute atomic E-state index is 13.7. The molecule has 0 radical (unpaired) electrons. The molecule has 0 bridgehead atoms. The van der Waals surface area contributed by atoms with E-state index in [1.807, 2.05) is 0 Å². The van der Waals surface area contributed by atoms with Crippen molar-refractivity contribution in [1.29, 1.82) is 0 Å². The highest BCUT2D eigenvalue weighted by molar-refractivity contribution is 7.93. The van der Waals surface area contributed by atoms with Crippen LogP contribution in [0.15, 0.2) is 29.3 Å². The number of aryl methyl sites for hydroxylation is 2. The van der Waals surface area contributed by atoms with E-state index in [2.05, 4.69) is 5.10 Å². The number of sulfonamides is 1. The van der Waals surface area contributed by atoms with Gasteiger partial charge in [0.25, 0.3) is 15.7 Å². The molecule has 2 aromatic rings. The summed E-state index contributed by atoms with van der Waals surface area (Å²) < 4.78 is 40.9. The zero-order valence-corrected chi connectivity index (χ0v) is 12.8. The first-order chi connectivity index (χ1) is 10.1. The van der Waals surface area contributed by atoms with Crippen molar-refractivity contribution in [2.45, 2.75) is 11.8 Å². The van der Waals surface area contributed by atoms with Crippen molar-refractivity contribution in [2.24, 2.45) is 7.05 Å². The van der Waals surface area contributed by atoms with E-state index in [9.17, 15) is 22.9 Å². The minimum atomic E-state index is -4.32. The lowest BCUT2D eigenvalue weighted by atomic mass is 10.2. The van der Waals surface area contributed by atoms with Crippen LogP contribution in [0.2, 0.25) is 0 Å². The van der Waals surface area contributed by atoms with E-state index in [-0.39, 0.29) is 11.4 Å². The molecule has 0 amide bonds. The van der Waals surface area contributed by atoms with Crippen LogP contribution in [-0.2, 0) is 17.1 Å². The van der Waals surface area contributed by atoms with E-state index in [1.54, 1.807) is 7.05 Å². The van der Waals surface area contributed by atoms with Crippen LogP contribution in [0.25, 0.3) is 0 Å². The van der Waals surface area contributed by atoms with E-state index in [1.165, 1.54) is 30.9 Å². The summed E-state index contributed by atoms with van der Waals surface area (Å²) in [5, 5.41) is 15.0. The van der Waals surface area contributed by atoms with Gasteiger partial charge in [0.05, 0.1) is 4.92 Å². The summed E-state index contributed by atoms with van der Waals surface area (Å²) in [5.41, 5.74) is -0.687. The first kappa shape index (κ1) is 15.9. The fourth-order valence-electron chi connectivity index (χ4n) is 1.84. The predicted octanol–water partition coefficient (Wildman–Crippen LogP) is 1.60. The second kappa shape index (κ2) is 5.37. The number of nitro benzene ring substituents is 1. The van der Waals surface area contributed by atoms with Crippen molar-refractivity contribution in [3.05, 3.63) is 45.9 Å². The van der Waals surface area contributed by atoms with Gasteiger partial charge >= 0.3 is 0 Å². The van der Waals surface area contributed by atoms with E-state index >= 15 is 0 Å². The van der Waals surface area contributed by atoms with Crippen molar-refractivity contribution >= 4 is 21.5 Å². The van der Waals surface area contributed by atoms with Crippen molar-refractivity contribution in [2.75, 3.05) is 11.4 Å². The fraction of sp³-hybridized carbons (Fsp3) is 0.250. The van der Waals surface area contributed by atoms with E-state index in [0.29, 0.717) is 6.07 Å². The van der Waals surface area contributed by atoms with Gasteiger partial charge in [-0.3, -0.25) is 19.1 Å². The van der Waals surface area contributed by atoms with Crippen LogP contribution in [0.3, 0.4) is 0 Å². The summed E-state index contributed by atoms with van der Waals surface area (Å²) in [5.74, 6) is -0.767. The second-order valence-corrected chi connectivity index (χ2v) is 6.58. The normalized spacial score (nSPS) is 11.5. The van der Waals surface area contributed by atoms with Gasteiger partial charge in [-0.2, -0.15) is 5.10 Å². The monoisotopic (exact) mass is 328 g/mol. The molecule has 10 heteroatoms. The Kier molecular flexibility index (Phi) is 3.88. The van der Waals surface area contributed by atoms with Crippen LogP contribution in [-0.4, -0.2) is 30.2 Å². The van der Waals surface area contributed by atoms with E-state index in [0.717, 1.165) is 10.4 Å².